The molecule has 0 spiro atoms. The molecule has 0 bridgehead atoms. The van der Waals surface area contributed by atoms with Crippen molar-refractivity contribution in [3.05, 3.63) is 124 Å². The van der Waals surface area contributed by atoms with Gasteiger partial charge in [-0.1, -0.05) is 88.5 Å². The highest BCUT2D eigenvalue weighted by Gasteiger charge is 2.48. The summed E-state index contributed by atoms with van der Waals surface area (Å²) in [6, 6.07) is 27.8. The number of hydrogen-bond donors (Lipinski definition) is 0. The van der Waals surface area contributed by atoms with Gasteiger partial charge in [0.1, 0.15) is 0 Å². The van der Waals surface area contributed by atoms with Gasteiger partial charge in [0.25, 0.3) is 0 Å². The van der Waals surface area contributed by atoms with Gasteiger partial charge in [0.15, 0.2) is 0 Å². The number of benzene rings is 4. The smallest absolute Gasteiger partial charge is 0.0946 e. The van der Waals surface area contributed by atoms with Gasteiger partial charge < -0.3 is 0 Å². The summed E-state index contributed by atoms with van der Waals surface area (Å²) in [7, 11) is 11.2. The first-order valence-corrected chi connectivity index (χ1v) is 15.3. The van der Waals surface area contributed by atoms with Crippen molar-refractivity contribution in [3.8, 4) is 11.1 Å². The Balaban J connectivity index is 1.94. The van der Waals surface area contributed by atoms with Gasteiger partial charge in [0, 0.05) is 59.0 Å². The molecular weight excluding hydrogens is 570 g/mol. The molecule has 9 nitrogen and oxygen atoms in total. The van der Waals surface area contributed by atoms with Crippen LogP contribution in [0.4, 0.5) is 17.1 Å². The Morgan fingerprint density at radius 1 is 0.522 bits per heavy atom. The molecule has 0 saturated heterocycles. The third-order valence-electron chi connectivity index (χ3n) is 7.65. The van der Waals surface area contributed by atoms with Crippen molar-refractivity contribution in [3.63, 3.8) is 0 Å². The van der Waals surface area contributed by atoms with Crippen LogP contribution in [-0.2, 0) is 5.41 Å². The highest BCUT2D eigenvalue weighted by atomic mass is 15.5. The monoisotopic (exact) mass is 611 g/mol. The van der Waals surface area contributed by atoms with Crippen molar-refractivity contribution in [1.29, 1.82) is 0 Å². The Bertz CT molecular complexity index is 1790. The van der Waals surface area contributed by atoms with E-state index in [4.69, 9.17) is 5.11 Å². The predicted molar refractivity (Wildman–Crippen MR) is 188 cm³/mol. The van der Waals surface area contributed by atoms with E-state index in [1.165, 1.54) is 5.56 Å². The summed E-state index contributed by atoms with van der Waals surface area (Å²) in [4.78, 5) is 0. The molecule has 0 aliphatic heterocycles. The second kappa shape index (κ2) is 13.7. The lowest BCUT2D eigenvalue weighted by Gasteiger charge is -2.35. The Morgan fingerprint density at radius 3 is 1.50 bits per heavy atom. The van der Waals surface area contributed by atoms with Gasteiger partial charge in [-0.3, -0.25) is 15.0 Å². The Hall–Kier alpha value is -5.44. The standard InChI is InChI=1S/C37H41N9/c1-9-14-26-24-28(20-22-33(26)38-41-44(3)4)37(29-21-23-34(39-42-45(5)6)27(25-29)15-10-2)32-18-12-11-16-30(32)31-17-13-19-35(36(31)37)40-43-46(7)8/h9-25H,1-8H3. The largest absolute Gasteiger partial charge is 0.285 e. The van der Waals surface area contributed by atoms with Crippen LogP contribution in [-0.4, -0.2) is 57.3 Å². The molecule has 0 amide bonds. The number of rotatable bonds is 10. The lowest BCUT2D eigenvalue weighted by atomic mass is 9.66. The number of allylic oxidation sites excluding steroid dienone is 2. The fraction of sp³-hybridized carbons (Fsp3) is 0.243. The average Bonchev–Trinajstić information content (AvgIpc) is 3.34. The maximum absolute atomic E-state index is 4.80. The van der Waals surface area contributed by atoms with Crippen LogP contribution in [0.1, 0.15) is 47.2 Å². The van der Waals surface area contributed by atoms with Gasteiger partial charge in [-0.05, 0) is 72.0 Å². The molecule has 0 N–H and O–H groups in total. The van der Waals surface area contributed by atoms with Gasteiger partial charge in [0.05, 0.1) is 22.5 Å². The first-order chi connectivity index (χ1) is 22.2. The molecule has 1 aliphatic rings. The van der Waals surface area contributed by atoms with Crippen LogP contribution in [0.3, 0.4) is 0 Å². The number of hydrogen-bond acceptors (Lipinski definition) is 6. The van der Waals surface area contributed by atoms with E-state index in [1.807, 2.05) is 74.4 Å². The van der Waals surface area contributed by atoms with Crippen LogP contribution >= 0.6 is 0 Å². The SMILES string of the molecule is CC=Cc1cc(C2(c3ccc(N=NN(C)C)c(C=CC)c3)c3ccccc3-c3cccc(N=NN(C)C)c32)ccc1N=NN(C)C. The fourth-order valence-electron chi connectivity index (χ4n) is 5.98. The molecule has 0 fully saturated rings. The maximum Gasteiger partial charge on any atom is 0.0946 e. The van der Waals surface area contributed by atoms with Crippen LogP contribution in [0, 0.1) is 0 Å². The first-order valence-electron chi connectivity index (χ1n) is 15.3. The van der Waals surface area contributed by atoms with E-state index in [9.17, 15) is 0 Å². The summed E-state index contributed by atoms with van der Waals surface area (Å²) in [6.07, 6.45) is 8.22. The summed E-state index contributed by atoms with van der Waals surface area (Å²) >= 11 is 0. The van der Waals surface area contributed by atoms with E-state index in [2.05, 4.69) is 111 Å². The maximum atomic E-state index is 4.80. The molecule has 5 rings (SSSR count). The van der Waals surface area contributed by atoms with Crippen molar-refractivity contribution in [2.75, 3.05) is 42.3 Å². The van der Waals surface area contributed by atoms with Gasteiger partial charge >= 0.3 is 0 Å². The summed E-state index contributed by atoms with van der Waals surface area (Å²) in [6.45, 7) is 4.03. The molecule has 0 heterocycles. The average molecular weight is 612 g/mol. The Kier molecular flexibility index (Phi) is 9.51. The number of fused-ring (bicyclic) bond motifs is 3. The van der Waals surface area contributed by atoms with E-state index >= 15 is 0 Å². The summed E-state index contributed by atoms with van der Waals surface area (Å²) < 4.78 is 0. The molecule has 9 heteroatoms. The summed E-state index contributed by atoms with van der Waals surface area (Å²) in [5, 5.41) is 32.1. The quantitative estimate of drug-likeness (QED) is 0.116. The van der Waals surface area contributed by atoms with Crippen LogP contribution in [0.2, 0.25) is 0 Å². The van der Waals surface area contributed by atoms with E-state index in [0.717, 1.165) is 56.0 Å². The third-order valence-corrected chi connectivity index (χ3v) is 7.65. The van der Waals surface area contributed by atoms with Crippen molar-refractivity contribution < 1.29 is 0 Å². The minimum absolute atomic E-state index is 0.741. The van der Waals surface area contributed by atoms with E-state index in [0.29, 0.717) is 0 Å². The zero-order valence-corrected chi connectivity index (χ0v) is 27.8. The second-order valence-corrected chi connectivity index (χ2v) is 11.7. The molecule has 4 aromatic carbocycles. The Labute approximate surface area is 271 Å². The van der Waals surface area contributed by atoms with E-state index < -0.39 is 5.41 Å². The van der Waals surface area contributed by atoms with Crippen molar-refractivity contribution in [2.24, 2.45) is 31.0 Å². The molecule has 0 atom stereocenters. The third kappa shape index (κ3) is 6.08. The zero-order valence-electron chi connectivity index (χ0n) is 27.8. The molecule has 0 aromatic heterocycles. The molecule has 0 saturated carbocycles. The lowest BCUT2D eigenvalue weighted by molar-refractivity contribution is 0.408. The summed E-state index contributed by atoms with van der Waals surface area (Å²) in [5.74, 6) is 0. The molecule has 1 aliphatic carbocycles. The minimum atomic E-state index is -0.741. The highest BCUT2D eigenvalue weighted by Crippen LogP contribution is 2.59. The molecule has 234 valence electrons. The molecular formula is C37H41N9. The van der Waals surface area contributed by atoms with Gasteiger partial charge in [-0.15, -0.1) is 15.3 Å². The van der Waals surface area contributed by atoms with Crippen LogP contribution < -0.4 is 0 Å². The summed E-state index contributed by atoms with van der Waals surface area (Å²) in [5.41, 5.74) is 10.2. The Morgan fingerprint density at radius 2 is 1.00 bits per heavy atom. The molecule has 46 heavy (non-hydrogen) atoms. The van der Waals surface area contributed by atoms with E-state index in [-0.39, 0.29) is 0 Å². The molecule has 4 aromatic rings. The van der Waals surface area contributed by atoms with Gasteiger partial charge in [-0.25, -0.2) is 0 Å². The highest BCUT2D eigenvalue weighted by molar-refractivity contribution is 5.91. The van der Waals surface area contributed by atoms with Crippen molar-refractivity contribution >= 4 is 29.2 Å². The predicted octanol–water partition coefficient (Wildman–Crippen LogP) is 9.80. The van der Waals surface area contributed by atoms with Crippen LogP contribution in [0.15, 0.2) is 122 Å². The minimum Gasteiger partial charge on any atom is -0.285 e. The normalized spacial score (nSPS) is 15.9. The fourth-order valence-corrected chi connectivity index (χ4v) is 5.98. The zero-order chi connectivity index (χ0) is 32.8. The van der Waals surface area contributed by atoms with Gasteiger partial charge in [-0.2, -0.15) is 0 Å². The second-order valence-electron chi connectivity index (χ2n) is 11.7. The van der Waals surface area contributed by atoms with Crippen molar-refractivity contribution in [1.82, 2.24) is 15.0 Å². The van der Waals surface area contributed by atoms with Crippen LogP contribution in [0.5, 0.6) is 0 Å². The number of nitrogens with zero attached hydrogens (tertiary/aromatic N) is 9. The van der Waals surface area contributed by atoms with Gasteiger partial charge in [0.2, 0.25) is 0 Å². The van der Waals surface area contributed by atoms with Crippen LogP contribution in [0.25, 0.3) is 23.3 Å². The lowest BCUT2D eigenvalue weighted by Crippen LogP contribution is -2.29. The van der Waals surface area contributed by atoms with Crippen molar-refractivity contribution in [2.45, 2.75) is 19.3 Å². The van der Waals surface area contributed by atoms with E-state index in [1.54, 1.807) is 15.0 Å². The molecule has 0 unspecified atom stereocenters. The molecule has 0 radical (unpaired) electrons. The first kappa shape index (κ1) is 32.0. The topological polar surface area (TPSA) is 83.9 Å².